The van der Waals surface area contributed by atoms with Crippen LogP contribution in [0.5, 0.6) is 0 Å². The monoisotopic (exact) mass is 282 g/mol. The highest BCUT2D eigenvalue weighted by Crippen LogP contribution is 2.16. The standard InChI is InChI=1S/C12H22N6O2/c1-3-17(4-7-19-2)11-14-10(13)15-12(16-11)18-5-8-20-9-6-18/h3-9H2,1-2H3,(H2,13,14,15,16). The summed E-state index contributed by atoms with van der Waals surface area (Å²) in [6, 6.07) is 0. The van der Waals surface area contributed by atoms with Gasteiger partial charge in [-0.05, 0) is 6.92 Å². The summed E-state index contributed by atoms with van der Waals surface area (Å²) in [6.45, 7) is 7.08. The molecule has 1 aromatic rings. The lowest BCUT2D eigenvalue weighted by Gasteiger charge is -2.28. The highest BCUT2D eigenvalue weighted by atomic mass is 16.5. The summed E-state index contributed by atoms with van der Waals surface area (Å²) < 4.78 is 10.4. The van der Waals surface area contributed by atoms with Crippen LogP contribution < -0.4 is 15.5 Å². The summed E-state index contributed by atoms with van der Waals surface area (Å²) in [5.41, 5.74) is 5.81. The minimum absolute atomic E-state index is 0.243. The molecule has 1 saturated heterocycles. The first kappa shape index (κ1) is 14.7. The first-order valence-electron chi connectivity index (χ1n) is 6.82. The van der Waals surface area contributed by atoms with Crippen LogP contribution in [0, 0.1) is 0 Å². The number of hydrogen-bond donors (Lipinski definition) is 1. The third-order valence-electron chi connectivity index (χ3n) is 3.15. The van der Waals surface area contributed by atoms with Gasteiger partial charge in [-0.3, -0.25) is 0 Å². The van der Waals surface area contributed by atoms with E-state index in [4.69, 9.17) is 15.2 Å². The molecule has 20 heavy (non-hydrogen) atoms. The highest BCUT2D eigenvalue weighted by Gasteiger charge is 2.17. The second kappa shape index (κ2) is 7.20. The summed E-state index contributed by atoms with van der Waals surface area (Å²) in [7, 11) is 1.68. The Morgan fingerprint density at radius 3 is 2.70 bits per heavy atom. The second-order valence-electron chi connectivity index (χ2n) is 4.47. The van der Waals surface area contributed by atoms with Crippen LogP contribution in [0.25, 0.3) is 0 Å². The average molecular weight is 282 g/mol. The molecule has 112 valence electrons. The van der Waals surface area contributed by atoms with Gasteiger partial charge in [0, 0.05) is 33.3 Å². The van der Waals surface area contributed by atoms with Crippen molar-refractivity contribution in [2.45, 2.75) is 6.92 Å². The normalized spacial score (nSPS) is 15.4. The fraction of sp³-hybridized carbons (Fsp3) is 0.750. The SMILES string of the molecule is CCN(CCOC)c1nc(N)nc(N2CCOCC2)n1. The Bertz CT molecular complexity index is 424. The van der Waals surface area contributed by atoms with Crippen LogP contribution in [0.3, 0.4) is 0 Å². The Balaban J connectivity index is 2.17. The Morgan fingerprint density at radius 2 is 2.05 bits per heavy atom. The number of likely N-dealkylation sites (N-methyl/N-ethyl adjacent to an activating group) is 1. The lowest BCUT2D eigenvalue weighted by Crippen LogP contribution is -2.38. The molecule has 0 unspecified atom stereocenters. The van der Waals surface area contributed by atoms with Crippen LogP contribution in [-0.4, -0.2) is 68.1 Å². The van der Waals surface area contributed by atoms with Crippen molar-refractivity contribution in [3.63, 3.8) is 0 Å². The number of anilines is 3. The van der Waals surface area contributed by atoms with E-state index in [1.807, 2.05) is 11.8 Å². The Labute approximate surface area is 118 Å². The maximum atomic E-state index is 5.81. The Morgan fingerprint density at radius 1 is 1.30 bits per heavy atom. The quantitative estimate of drug-likeness (QED) is 0.765. The number of nitrogens with zero attached hydrogens (tertiary/aromatic N) is 5. The zero-order valence-electron chi connectivity index (χ0n) is 12.1. The largest absolute Gasteiger partial charge is 0.383 e. The molecule has 8 heteroatoms. The molecule has 0 aromatic carbocycles. The van der Waals surface area contributed by atoms with Gasteiger partial charge in [0.05, 0.1) is 19.8 Å². The zero-order chi connectivity index (χ0) is 14.4. The van der Waals surface area contributed by atoms with Crippen molar-refractivity contribution in [1.82, 2.24) is 15.0 Å². The summed E-state index contributed by atoms with van der Waals surface area (Å²) >= 11 is 0. The van der Waals surface area contributed by atoms with E-state index in [0.29, 0.717) is 31.7 Å². The minimum Gasteiger partial charge on any atom is -0.383 e. The van der Waals surface area contributed by atoms with Crippen LogP contribution in [0.1, 0.15) is 6.92 Å². The van der Waals surface area contributed by atoms with Crippen molar-refractivity contribution in [2.24, 2.45) is 0 Å². The van der Waals surface area contributed by atoms with Gasteiger partial charge in [0.2, 0.25) is 17.8 Å². The van der Waals surface area contributed by atoms with Crippen molar-refractivity contribution in [1.29, 1.82) is 0 Å². The highest BCUT2D eigenvalue weighted by molar-refractivity contribution is 5.43. The van der Waals surface area contributed by atoms with E-state index in [2.05, 4.69) is 19.9 Å². The molecule has 0 spiro atoms. The summed E-state index contributed by atoms with van der Waals surface area (Å²) in [5.74, 6) is 1.46. The van der Waals surface area contributed by atoms with E-state index in [9.17, 15) is 0 Å². The Hall–Kier alpha value is -1.67. The van der Waals surface area contributed by atoms with Gasteiger partial charge in [-0.2, -0.15) is 15.0 Å². The van der Waals surface area contributed by atoms with E-state index in [1.54, 1.807) is 7.11 Å². The number of aromatic nitrogens is 3. The topological polar surface area (TPSA) is 89.6 Å². The van der Waals surface area contributed by atoms with Crippen molar-refractivity contribution in [3.05, 3.63) is 0 Å². The number of nitrogen functional groups attached to an aromatic ring is 1. The molecule has 8 nitrogen and oxygen atoms in total. The van der Waals surface area contributed by atoms with Crippen LogP contribution in [0.15, 0.2) is 0 Å². The first-order chi connectivity index (χ1) is 9.74. The van der Waals surface area contributed by atoms with E-state index < -0.39 is 0 Å². The molecule has 0 bridgehead atoms. The predicted molar refractivity (Wildman–Crippen MR) is 77.0 cm³/mol. The summed E-state index contributed by atoms with van der Waals surface area (Å²) in [6.07, 6.45) is 0. The molecule has 0 aliphatic carbocycles. The summed E-state index contributed by atoms with van der Waals surface area (Å²) in [4.78, 5) is 17.0. The summed E-state index contributed by atoms with van der Waals surface area (Å²) in [5, 5.41) is 0. The lowest BCUT2D eigenvalue weighted by molar-refractivity contribution is 0.122. The molecule has 1 fully saturated rings. The van der Waals surface area contributed by atoms with Crippen molar-refractivity contribution in [3.8, 4) is 0 Å². The number of methoxy groups -OCH3 is 1. The molecule has 1 aliphatic heterocycles. The van der Waals surface area contributed by atoms with Crippen molar-refractivity contribution < 1.29 is 9.47 Å². The van der Waals surface area contributed by atoms with Crippen LogP contribution in [0.2, 0.25) is 0 Å². The average Bonchev–Trinajstić information content (AvgIpc) is 2.48. The molecule has 0 radical (unpaired) electrons. The van der Waals surface area contributed by atoms with Gasteiger partial charge in [0.25, 0.3) is 0 Å². The number of nitrogens with two attached hydrogens (primary N) is 1. The molecule has 2 rings (SSSR count). The van der Waals surface area contributed by atoms with Crippen LogP contribution in [-0.2, 0) is 9.47 Å². The number of ether oxygens (including phenoxy) is 2. The molecule has 1 aliphatic rings. The second-order valence-corrected chi connectivity index (χ2v) is 4.47. The van der Waals surface area contributed by atoms with Gasteiger partial charge in [0.1, 0.15) is 0 Å². The van der Waals surface area contributed by atoms with E-state index in [1.165, 1.54) is 0 Å². The first-order valence-corrected chi connectivity index (χ1v) is 6.82. The van der Waals surface area contributed by atoms with E-state index >= 15 is 0 Å². The minimum atomic E-state index is 0.243. The molecule has 0 atom stereocenters. The molecule has 2 N–H and O–H groups in total. The molecular weight excluding hydrogens is 260 g/mol. The van der Waals surface area contributed by atoms with Crippen molar-refractivity contribution in [2.75, 3.05) is 68.6 Å². The van der Waals surface area contributed by atoms with Gasteiger partial charge in [-0.25, -0.2) is 0 Å². The maximum Gasteiger partial charge on any atom is 0.232 e. The third-order valence-corrected chi connectivity index (χ3v) is 3.15. The van der Waals surface area contributed by atoms with Gasteiger partial charge >= 0.3 is 0 Å². The number of morpholine rings is 1. The van der Waals surface area contributed by atoms with Crippen molar-refractivity contribution >= 4 is 17.8 Å². The maximum absolute atomic E-state index is 5.81. The van der Waals surface area contributed by atoms with Crippen LogP contribution >= 0.6 is 0 Å². The van der Waals surface area contributed by atoms with E-state index in [0.717, 1.165) is 26.2 Å². The van der Waals surface area contributed by atoms with Gasteiger partial charge in [0.15, 0.2) is 0 Å². The third kappa shape index (κ3) is 3.67. The van der Waals surface area contributed by atoms with Gasteiger partial charge in [-0.1, -0.05) is 0 Å². The Kier molecular flexibility index (Phi) is 5.31. The fourth-order valence-electron chi connectivity index (χ4n) is 2.02. The molecular formula is C12H22N6O2. The fourth-order valence-corrected chi connectivity index (χ4v) is 2.02. The predicted octanol–water partition coefficient (Wildman–Crippen LogP) is -0.237. The molecule has 0 saturated carbocycles. The smallest absolute Gasteiger partial charge is 0.232 e. The molecule has 2 heterocycles. The van der Waals surface area contributed by atoms with Gasteiger partial charge < -0.3 is 25.0 Å². The zero-order valence-corrected chi connectivity index (χ0v) is 12.1. The number of rotatable bonds is 6. The molecule has 1 aromatic heterocycles. The molecule has 0 amide bonds. The van der Waals surface area contributed by atoms with E-state index in [-0.39, 0.29) is 5.95 Å². The lowest BCUT2D eigenvalue weighted by atomic mass is 10.4. The van der Waals surface area contributed by atoms with Crippen LogP contribution in [0.4, 0.5) is 17.8 Å². The van der Waals surface area contributed by atoms with Gasteiger partial charge in [-0.15, -0.1) is 0 Å². The number of hydrogen-bond acceptors (Lipinski definition) is 8.